The van der Waals surface area contributed by atoms with Gasteiger partial charge < -0.3 is 5.11 Å². The quantitative estimate of drug-likeness (QED) is 0.841. The van der Waals surface area contributed by atoms with E-state index < -0.39 is 11.4 Å². The van der Waals surface area contributed by atoms with Crippen LogP contribution in [-0.2, 0) is 10.2 Å². The highest BCUT2D eigenvalue weighted by Crippen LogP contribution is 2.23. The third kappa shape index (κ3) is 1.65. The zero-order chi connectivity index (χ0) is 12.8. The Balaban J connectivity index is 2.77. The van der Waals surface area contributed by atoms with Crippen LogP contribution in [0.15, 0.2) is 6.07 Å². The molecule has 17 heavy (non-hydrogen) atoms. The summed E-state index contributed by atoms with van der Waals surface area (Å²) in [6.45, 7) is 6.95. The summed E-state index contributed by atoms with van der Waals surface area (Å²) < 4.78 is 1.68. The van der Waals surface area contributed by atoms with Crippen molar-refractivity contribution in [2.24, 2.45) is 0 Å². The molecule has 6 nitrogen and oxygen atoms in total. The summed E-state index contributed by atoms with van der Waals surface area (Å²) in [7, 11) is 0. The number of carbonyl (C=O) groups is 1. The third-order valence-electron chi connectivity index (χ3n) is 2.79. The number of fused-ring (bicyclic) bond motifs is 1. The van der Waals surface area contributed by atoms with E-state index in [2.05, 4.69) is 15.2 Å². The zero-order valence-corrected chi connectivity index (χ0v) is 10.2. The van der Waals surface area contributed by atoms with Gasteiger partial charge in [-0.05, 0) is 33.8 Å². The summed E-state index contributed by atoms with van der Waals surface area (Å²) in [4.78, 5) is 15.5. The van der Waals surface area contributed by atoms with Crippen LogP contribution < -0.4 is 0 Å². The van der Waals surface area contributed by atoms with E-state index in [9.17, 15) is 9.90 Å². The normalized spacial score (nSPS) is 12.0. The Labute approximate surface area is 98.3 Å². The van der Waals surface area contributed by atoms with Crippen LogP contribution in [-0.4, -0.2) is 30.7 Å². The monoisotopic (exact) mass is 234 g/mol. The lowest BCUT2D eigenvalue weighted by Gasteiger charge is -2.17. The van der Waals surface area contributed by atoms with E-state index in [-0.39, 0.29) is 0 Å². The van der Waals surface area contributed by atoms with Crippen LogP contribution in [0.4, 0.5) is 0 Å². The van der Waals surface area contributed by atoms with Crippen molar-refractivity contribution >= 4 is 11.7 Å². The molecule has 0 aliphatic carbocycles. The van der Waals surface area contributed by atoms with Gasteiger partial charge in [-0.3, -0.25) is 9.20 Å². The van der Waals surface area contributed by atoms with E-state index in [0.29, 0.717) is 11.6 Å². The molecule has 0 aliphatic heterocycles. The van der Waals surface area contributed by atoms with Gasteiger partial charge in [-0.15, -0.1) is 10.2 Å². The average molecular weight is 234 g/mol. The van der Waals surface area contributed by atoms with Gasteiger partial charge in [0.1, 0.15) is 5.41 Å². The Morgan fingerprint density at radius 1 is 1.35 bits per heavy atom. The van der Waals surface area contributed by atoms with E-state index in [0.717, 1.165) is 11.4 Å². The van der Waals surface area contributed by atoms with Gasteiger partial charge in [-0.1, -0.05) is 0 Å². The van der Waals surface area contributed by atoms with Gasteiger partial charge in [0, 0.05) is 11.4 Å². The van der Waals surface area contributed by atoms with E-state index in [1.165, 1.54) is 0 Å². The maximum atomic E-state index is 11.2. The molecule has 2 aromatic rings. The third-order valence-corrected chi connectivity index (χ3v) is 2.79. The Morgan fingerprint density at radius 2 is 2.00 bits per heavy atom. The highest BCUT2D eigenvalue weighted by molar-refractivity contribution is 5.79. The second kappa shape index (κ2) is 3.51. The fourth-order valence-corrected chi connectivity index (χ4v) is 1.73. The van der Waals surface area contributed by atoms with Crippen molar-refractivity contribution in [1.29, 1.82) is 0 Å². The lowest BCUT2D eigenvalue weighted by Crippen LogP contribution is -2.31. The number of aryl methyl sites for hydroxylation is 2. The smallest absolute Gasteiger partial charge is 0.316 e. The predicted molar refractivity (Wildman–Crippen MR) is 60.9 cm³/mol. The number of carboxylic acids is 1. The van der Waals surface area contributed by atoms with Gasteiger partial charge in [-0.2, -0.15) is 0 Å². The summed E-state index contributed by atoms with van der Waals surface area (Å²) in [5, 5.41) is 17.1. The van der Waals surface area contributed by atoms with Crippen LogP contribution in [0.1, 0.15) is 31.1 Å². The van der Waals surface area contributed by atoms with Gasteiger partial charge in [0.2, 0.25) is 0 Å². The molecule has 6 heteroatoms. The number of aliphatic carboxylic acids is 1. The molecule has 0 aromatic carbocycles. The van der Waals surface area contributed by atoms with E-state index in [4.69, 9.17) is 0 Å². The van der Waals surface area contributed by atoms with Crippen molar-refractivity contribution in [3.05, 3.63) is 23.3 Å². The highest BCUT2D eigenvalue weighted by Gasteiger charge is 2.35. The number of hydrogen-bond acceptors (Lipinski definition) is 4. The zero-order valence-electron chi connectivity index (χ0n) is 10.2. The number of nitrogens with zero attached hydrogens (tertiary/aromatic N) is 4. The first-order valence-electron chi connectivity index (χ1n) is 5.27. The van der Waals surface area contributed by atoms with Gasteiger partial charge in [0.15, 0.2) is 5.82 Å². The SMILES string of the molecule is Cc1cc(C)n2c(C(C)(C)C(=O)O)nnc2n1. The Kier molecular flexibility index (Phi) is 2.38. The minimum absolute atomic E-state index is 0.394. The van der Waals surface area contributed by atoms with Crippen molar-refractivity contribution in [2.75, 3.05) is 0 Å². The van der Waals surface area contributed by atoms with Crippen LogP contribution in [0.2, 0.25) is 0 Å². The van der Waals surface area contributed by atoms with Gasteiger partial charge in [0.05, 0.1) is 0 Å². The van der Waals surface area contributed by atoms with Crippen LogP contribution in [0.5, 0.6) is 0 Å². The van der Waals surface area contributed by atoms with Crippen LogP contribution in [0, 0.1) is 13.8 Å². The number of aromatic nitrogens is 4. The van der Waals surface area contributed by atoms with Crippen LogP contribution in [0.3, 0.4) is 0 Å². The van der Waals surface area contributed by atoms with Gasteiger partial charge in [0.25, 0.3) is 5.78 Å². The molecule has 0 fully saturated rings. The fraction of sp³-hybridized carbons (Fsp3) is 0.455. The molecule has 2 heterocycles. The number of carboxylic acid groups (broad SMARTS) is 1. The molecule has 0 spiro atoms. The first kappa shape index (κ1) is 11.5. The van der Waals surface area contributed by atoms with Crippen molar-refractivity contribution in [3.8, 4) is 0 Å². The highest BCUT2D eigenvalue weighted by atomic mass is 16.4. The molecule has 90 valence electrons. The molecule has 0 atom stereocenters. The second-order valence-corrected chi connectivity index (χ2v) is 4.63. The summed E-state index contributed by atoms with van der Waals surface area (Å²) in [6, 6.07) is 1.87. The summed E-state index contributed by atoms with van der Waals surface area (Å²) in [5.74, 6) is -0.108. The minimum atomic E-state index is -1.10. The van der Waals surface area contributed by atoms with E-state index in [1.807, 2.05) is 19.9 Å². The van der Waals surface area contributed by atoms with Crippen molar-refractivity contribution < 1.29 is 9.90 Å². The van der Waals surface area contributed by atoms with Gasteiger partial charge >= 0.3 is 5.97 Å². The number of rotatable bonds is 2. The standard InChI is InChI=1S/C11H14N4O2/c1-6-5-7(2)15-8(11(3,4)9(16)17)13-14-10(15)12-6/h5H,1-4H3,(H,16,17). The Hall–Kier alpha value is -1.98. The topological polar surface area (TPSA) is 80.4 Å². The molecule has 0 radical (unpaired) electrons. The molecular formula is C11H14N4O2. The molecular weight excluding hydrogens is 220 g/mol. The Morgan fingerprint density at radius 3 is 2.59 bits per heavy atom. The lowest BCUT2D eigenvalue weighted by molar-refractivity contribution is -0.142. The summed E-state index contributed by atoms with van der Waals surface area (Å²) in [6.07, 6.45) is 0. The first-order chi connectivity index (χ1) is 7.84. The average Bonchev–Trinajstić information content (AvgIpc) is 2.61. The molecule has 0 unspecified atom stereocenters. The number of hydrogen-bond donors (Lipinski definition) is 1. The minimum Gasteiger partial charge on any atom is -0.481 e. The predicted octanol–water partition coefficient (Wildman–Crippen LogP) is 1.10. The first-order valence-corrected chi connectivity index (χ1v) is 5.27. The molecule has 0 saturated carbocycles. The molecule has 2 rings (SSSR count). The van der Waals surface area contributed by atoms with Crippen molar-refractivity contribution in [1.82, 2.24) is 19.6 Å². The van der Waals surface area contributed by atoms with E-state index >= 15 is 0 Å². The van der Waals surface area contributed by atoms with E-state index in [1.54, 1.807) is 18.2 Å². The summed E-state index contributed by atoms with van der Waals surface area (Å²) in [5.41, 5.74) is 0.616. The molecule has 0 amide bonds. The van der Waals surface area contributed by atoms with Crippen LogP contribution in [0.25, 0.3) is 5.78 Å². The maximum absolute atomic E-state index is 11.2. The lowest BCUT2D eigenvalue weighted by atomic mass is 9.93. The largest absolute Gasteiger partial charge is 0.481 e. The van der Waals surface area contributed by atoms with Crippen LogP contribution >= 0.6 is 0 Å². The second-order valence-electron chi connectivity index (χ2n) is 4.63. The maximum Gasteiger partial charge on any atom is 0.316 e. The van der Waals surface area contributed by atoms with Gasteiger partial charge in [-0.25, -0.2) is 4.98 Å². The molecule has 0 saturated heterocycles. The molecule has 2 aromatic heterocycles. The van der Waals surface area contributed by atoms with Crippen molar-refractivity contribution in [3.63, 3.8) is 0 Å². The molecule has 0 aliphatic rings. The fourth-order valence-electron chi connectivity index (χ4n) is 1.73. The molecule has 1 N–H and O–H groups in total. The Bertz CT molecular complexity index is 601. The molecule has 0 bridgehead atoms. The van der Waals surface area contributed by atoms with Crippen molar-refractivity contribution in [2.45, 2.75) is 33.1 Å². The summed E-state index contributed by atoms with van der Waals surface area (Å²) >= 11 is 0.